The summed E-state index contributed by atoms with van der Waals surface area (Å²) in [6.07, 6.45) is 1.36. The van der Waals surface area contributed by atoms with Crippen LogP contribution >= 0.6 is 0 Å². The van der Waals surface area contributed by atoms with E-state index in [1.807, 2.05) is 0 Å². The standard InChI is InChI=1S/C31H34FNO6/c1-18-15-20(17-34)25(19-11-9-8-10-12-19)31(24(18)26(35)38-29(2,3)4)22-16-21(32)13-14-23(22)33(27(31)36)28(37)39-30(5,6)7/h8-18,24-25H,1-7H3/t18-,24-,25+,31+/m0/s1. The highest BCUT2D eigenvalue weighted by atomic mass is 19.1. The zero-order chi connectivity index (χ0) is 28.9. The number of allylic oxidation sites excluding steroid dienone is 2. The minimum Gasteiger partial charge on any atom is -0.460 e. The molecule has 206 valence electrons. The van der Waals surface area contributed by atoms with Crippen molar-refractivity contribution in [1.82, 2.24) is 0 Å². The highest BCUT2D eigenvalue weighted by Gasteiger charge is 2.67. The zero-order valence-electron chi connectivity index (χ0n) is 23.3. The minimum atomic E-state index is -1.87. The Morgan fingerprint density at radius 1 is 0.974 bits per heavy atom. The summed E-state index contributed by atoms with van der Waals surface area (Å²) < 4.78 is 26.4. The van der Waals surface area contributed by atoms with Gasteiger partial charge in [-0.2, -0.15) is 0 Å². The molecule has 0 unspecified atom stereocenters. The molecule has 2 aromatic rings. The maximum atomic E-state index is 15.0. The number of anilines is 1. The third-order valence-electron chi connectivity index (χ3n) is 6.97. The Morgan fingerprint density at radius 2 is 1.59 bits per heavy atom. The first-order chi connectivity index (χ1) is 18.1. The first kappa shape index (κ1) is 28.2. The van der Waals surface area contributed by atoms with Gasteiger partial charge in [-0.1, -0.05) is 43.3 Å². The highest BCUT2D eigenvalue weighted by Crippen LogP contribution is 2.60. The van der Waals surface area contributed by atoms with Crippen LogP contribution in [0, 0.1) is 17.7 Å². The molecule has 8 heteroatoms. The van der Waals surface area contributed by atoms with Gasteiger partial charge in [0.15, 0.2) is 0 Å². The number of ether oxygens (including phenoxy) is 2. The molecule has 0 saturated heterocycles. The van der Waals surface area contributed by atoms with E-state index in [0.717, 1.165) is 11.0 Å². The number of fused-ring (bicyclic) bond motifs is 2. The average molecular weight is 536 g/mol. The number of hydrogen-bond donors (Lipinski definition) is 0. The second-order valence-corrected chi connectivity index (χ2v) is 12.1. The van der Waals surface area contributed by atoms with Crippen LogP contribution in [-0.2, 0) is 29.3 Å². The van der Waals surface area contributed by atoms with E-state index in [0.29, 0.717) is 11.8 Å². The Hall–Kier alpha value is -3.81. The Morgan fingerprint density at radius 3 is 2.15 bits per heavy atom. The first-order valence-electron chi connectivity index (χ1n) is 12.9. The summed E-state index contributed by atoms with van der Waals surface area (Å²) in [6.45, 7) is 11.8. The summed E-state index contributed by atoms with van der Waals surface area (Å²) in [6, 6.07) is 12.4. The van der Waals surface area contributed by atoms with Crippen LogP contribution in [0.15, 0.2) is 60.2 Å². The van der Waals surface area contributed by atoms with Crippen LogP contribution in [0.3, 0.4) is 0 Å². The summed E-state index contributed by atoms with van der Waals surface area (Å²) in [4.78, 5) is 55.7. The molecule has 0 fully saturated rings. The molecule has 1 aliphatic heterocycles. The Labute approximate surface area is 228 Å². The van der Waals surface area contributed by atoms with E-state index >= 15 is 0 Å². The lowest BCUT2D eigenvalue weighted by atomic mass is 9.53. The molecule has 0 bridgehead atoms. The summed E-state index contributed by atoms with van der Waals surface area (Å²) >= 11 is 0. The monoisotopic (exact) mass is 535 g/mol. The highest BCUT2D eigenvalue weighted by molar-refractivity contribution is 6.23. The van der Waals surface area contributed by atoms with Crippen LogP contribution in [0.5, 0.6) is 0 Å². The van der Waals surface area contributed by atoms with Crippen LogP contribution in [0.25, 0.3) is 0 Å². The fraction of sp³-hybridized carbons (Fsp3) is 0.419. The van der Waals surface area contributed by atoms with Crippen molar-refractivity contribution in [3.05, 3.63) is 77.1 Å². The number of rotatable bonds is 3. The third kappa shape index (κ3) is 4.88. The Kier molecular flexibility index (Phi) is 7.04. The van der Waals surface area contributed by atoms with Gasteiger partial charge < -0.3 is 9.47 Å². The first-order valence-corrected chi connectivity index (χ1v) is 12.9. The van der Waals surface area contributed by atoms with E-state index < -0.39 is 58.2 Å². The molecule has 1 aliphatic carbocycles. The number of halogens is 1. The van der Waals surface area contributed by atoms with Gasteiger partial charge >= 0.3 is 12.1 Å². The fourth-order valence-corrected chi connectivity index (χ4v) is 5.84. The molecule has 1 spiro atoms. The van der Waals surface area contributed by atoms with Gasteiger partial charge in [-0.25, -0.2) is 14.1 Å². The molecule has 4 atom stereocenters. The summed E-state index contributed by atoms with van der Waals surface area (Å²) in [5.74, 6) is -4.99. The van der Waals surface area contributed by atoms with Gasteiger partial charge in [-0.15, -0.1) is 0 Å². The lowest BCUT2D eigenvalue weighted by Gasteiger charge is -2.47. The number of benzene rings is 2. The lowest BCUT2D eigenvalue weighted by molar-refractivity contribution is -0.167. The predicted molar refractivity (Wildman–Crippen MR) is 144 cm³/mol. The van der Waals surface area contributed by atoms with Crippen molar-refractivity contribution in [2.45, 2.75) is 71.0 Å². The number of esters is 1. The van der Waals surface area contributed by atoms with E-state index in [9.17, 15) is 23.6 Å². The van der Waals surface area contributed by atoms with E-state index in [1.165, 1.54) is 12.1 Å². The Bertz CT molecular complexity index is 1350. The maximum Gasteiger partial charge on any atom is 0.421 e. The SMILES string of the molecule is C[C@H]1C=C(C=O)[C@@H](c2ccccc2)[C@]2(C(=O)N(C(=O)OC(C)(C)C)c3ccc(F)cc32)[C@@H]1C(=O)OC(C)(C)C. The van der Waals surface area contributed by atoms with Gasteiger partial charge in [-0.05, 0) is 82.4 Å². The largest absolute Gasteiger partial charge is 0.460 e. The van der Waals surface area contributed by atoms with Crippen molar-refractivity contribution in [2.75, 3.05) is 4.90 Å². The maximum absolute atomic E-state index is 15.0. The normalized spacial score (nSPS) is 24.7. The van der Waals surface area contributed by atoms with Crippen molar-refractivity contribution in [2.24, 2.45) is 11.8 Å². The average Bonchev–Trinajstić information content (AvgIpc) is 3.05. The molecule has 39 heavy (non-hydrogen) atoms. The smallest absolute Gasteiger partial charge is 0.421 e. The van der Waals surface area contributed by atoms with Crippen LogP contribution in [0.2, 0.25) is 0 Å². The molecular weight excluding hydrogens is 501 g/mol. The van der Waals surface area contributed by atoms with E-state index in [2.05, 4.69) is 0 Å². The topological polar surface area (TPSA) is 90.0 Å². The van der Waals surface area contributed by atoms with Crippen molar-refractivity contribution in [1.29, 1.82) is 0 Å². The number of carbonyl (C=O) groups is 4. The van der Waals surface area contributed by atoms with Crippen molar-refractivity contribution >= 4 is 29.9 Å². The molecular formula is C31H34FNO6. The number of carbonyl (C=O) groups excluding carboxylic acids is 4. The van der Waals surface area contributed by atoms with E-state index in [1.54, 1.807) is 84.9 Å². The van der Waals surface area contributed by atoms with E-state index in [4.69, 9.17) is 9.47 Å². The van der Waals surface area contributed by atoms with Crippen molar-refractivity contribution in [3.8, 4) is 0 Å². The second-order valence-electron chi connectivity index (χ2n) is 12.1. The number of amides is 2. The molecule has 2 amide bonds. The number of nitrogens with zero attached hydrogens (tertiary/aromatic N) is 1. The second kappa shape index (κ2) is 9.74. The third-order valence-corrected chi connectivity index (χ3v) is 6.97. The summed E-state index contributed by atoms with van der Waals surface area (Å²) in [7, 11) is 0. The van der Waals surface area contributed by atoms with Gasteiger partial charge in [0.2, 0.25) is 5.91 Å². The Balaban J connectivity index is 2.10. The predicted octanol–water partition coefficient (Wildman–Crippen LogP) is 5.86. The van der Waals surface area contributed by atoms with Crippen molar-refractivity contribution in [3.63, 3.8) is 0 Å². The molecule has 0 saturated carbocycles. The molecule has 4 rings (SSSR count). The lowest BCUT2D eigenvalue weighted by Crippen LogP contribution is -2.58. The van der Waals surface area contributed by atoms with Gasteiger partial charge in [-0.3, -0.25) is 14.4 Å². The summed E-state index contributed by atoms with van der Waals surface area (Å²) in [5.41, 5.74) is -2.67. The van der Waals surface area contributed by atoms with Crippen LogP contribution in [0.4, 0.5) is 14.9 Å². The molecule has 7 nitrogen and oxygen atoms in total. The van der Waals surface area contributed by atoms with Gasteiger partial charge in [0, 0.05) is 5.92 Å². The molecule has 0 radical (unpaired) electrons. The van der Waals surface area contributed by atoms with Crippen LogP contribution in [0.1, 0.15) is 65.5 Å². The number of hydrogen-bond acceptors (Lipinski definition) is 6. The fourth-order valence-electron chi connectivity index (χ4n) is 5.84. The number of imide groups is 1. The van der Waals surface area contributed by atoms with Gasteiger partial charge in [0.05, 0.1) is 11.6 Å². The van der Waals surface area contributed by atoms with E-state index in [-0.39, 0.29) is 16.8 Å². The summed E-state index contributed by atoms with van der Waals surface area (Å²) in [5, 5.41) is 0. The molecule has 2 aromatic carbocycles. The van der Waals surface area contributed by atoms with Crippen LogP contribution in [-0.4, -0.2) is 35.5 Å². The molecule has 1 heterocycles. The van der Waals surface area contributed by atoms with Crippen LogP contribution < -0.4 is 4.90 Å². The van der Waals surface area contributed by atoms with Gasteiger partial charge in [0.25, 0.3) is 0 Å². The minimum absolute atomic E-state index is 0.101. The molecule has 0 N–H and O–H groups in total. The quantitative estimate of drug-likeness (QED) is 0.361. The van der Waals surface area contributed by atoms with Crippen molar-refractivity contribution < 1.29 is 33.0 Å². The zero-order valence-corrected chi connectivity index (χ0v) is 23.3. The van der Waals surface area contributed by atoms with Gasteiger partial charge in [0.1, 0.15) is 28.7 Å². The molecule has 0 aromatic heterocycles. The molecule has 2 aliphatic rings. The number of aldehydes is 1.